The summed E-state index contributed by atoms with van der Waals surface area (Å²) < 4.78 is 21.8. The smallest absolute Gasteiger partial charge is 0.230 e. The molecule has 35 heavy (non-hydrogen) atoms. The molecule has 4 rings (SSSR count). The highest BCUT2D eigenvalue weighted by Gasteiger charge is 2.20. The van der Waals surface area contributed by atoms with Crippen molar-refractivity contribution < 1.29 is 18.7 Å². The van der Waals surface area contributed by atoms with E-state index in [0.717, 1.165) is 11.8 Å². The van der Waals surface area contributed by atoms with Gasteiger partial charge in [-0.1, -0.05) is 54.2 Å². The lowest BCUT2D eigenvalue weighted by atomic mass is 10.1. The van der Waals surface area contributed by atoms with Gasteiger partial charge in [0.2, 0.25) is 5.91 Å². The Morgan fingerprint density at radius 3 is 2.40 bits per heavy atom. The van der Waals surface area contributed by atoms with Gasteiger partial charge in [0.05, 0.1) is 24.6 Å². The normalized spacial score (nSPS) is 10.7. The number of rotatable bonds is 10. The van der Waals surface area contributed by atoms with Gasteiger partial charge in [-0.05, 0) is 43.3 Å². The van der Waals surface area contributed by atoms with Crippen LogP contribution in [0.2, 0.25) is 0 Å². The van der Waals surface area contributed by atoms with E-state index in [1.165, 1.54) is 6.07 Å². The Morgan fingerprint density at radius 2 is 1.69 bits per heavy atom. The zero-order chi connectivity index (χ0) is 24.6. The highest BCUT2D eigenvalue weighted by molar-refractivity contribution is 7.99. The minimum atomic E-state index is -0.445. The first kappa shape index (κ1) is 24.2. The predicted molar refractivity (Wildman–Crippen MR) is 132 cm³/mol. The van der Waals surface area contributed by atoms with Gasteiger partial charge in [0.15, 0.2) is 16.8 Å². The molecule has 1 amide bonds. The summed E-state index contributed by atoms with van der Waals surface area (Å²) in [5.41, 5.74) is 1.51. The van der Waals surface area contributed by atoms with Gasteiger partial charge in [-0.2, -0.15) is 0 Å². The van der Waals surface area contributed by atoms with Crippen LogP contribution in [0, 0.1) is 5.82 Å². The SMILES string of the molecule is CCOc1ccc(-c2nnc(SCC(=O)NCC(=O)c3ccccc3)n2-c2ccccc2F)cc1. The van der Waals surface area contributed by atoms with Crippen LogP contribution in [0.15, 0.2) is 84.0 Å². The van der Waals surface area contributed by atoms with E-state index >= 15 is 0 Å². The highest BCUT2D eigenvalue weighted by atomic mass is 32.2. The minimum absolute atomic E-state index is 0.0159. The molecule has 0 radical (unpaired) electrons. The fraction of sp³-hybridized carbons (Fsp3) is 0.154. The second-order valence-corrected chi connectivity index (χ2v) is 8.35. The molecule has 0 aliphatic carbocycles. The van der Waals surface area contributed by atoms with Crippen molar-refractivity contribution in [3.63, 3.8) is 0 Å². The molecule has 0 saturated heterocycles. The Balaban J connectivity index is 1.52. The number of ketones is 1. The van der Waals surface area contributed by atoms with Gasteiger partial charge in [-0.25, -0.2) is 4.39 Å². The second-order valence-electron chi connectivity index (χ2n) is 7.40. The molecule has 0 aliphatic rings. The van der Waals surface area contributed by atoms with Crippen molar-refractivity contribution in [1.29, 1.82) is 0 Å². The van der Waals surface area contributed by atoms with Gasteiger partial charge in [0.1, 0.15) is 11.6 Å². The van der Waals surface area contributed by atoms with E-state index in [-0.39, 0.29) is 29.7 Å². The average molecular weight is 491 g/mol. The zero-order valence-corrected chi connectivity index (χ0v) is 19.8. The Labute approximate surface area is 206 Å². The number of carbonyl (C=O) groups is 2. The van der Waals surface area contributed by atoms with Gasteiger partial charge in [0, 0.05) is 11.1 Å². The van der Waals surface area contributed by atoms with Crippen LogP contribution >= 0.6 is 11.8 Å². The molecule has 178 valence electrons. The van der Waals surface area contributed by atoms with Gasteiger partial charge in [-0.3, -0.25) is 14.2 Å². The van der Waals surface area contributed by atoms with Crippen LogP contribution in [0.1, 0.15) is 17.3 Å². The van der Waals surface area contributed by atoms with Crippen molar-refractivity contribution in [2.75, 3.05) is 18.9 Å². The molecule has 9 heteroatoms. The number of carbonyl (C=O) groups excluding carboxylic acids is 2. The van der Waals surface area contributed by atoms with Gasteiger partial charge in [0.25, 0.3) is 0 Å². The Morgan fingerprint density at radius 1 is 0.971 bits per heavy atom. The van der Waals surface area contributed by atoms with Gasteiger partial charge >= 0.3 is 0 Å². The number of halogens is 1. The molecule has 1 aromatic heterocycles. The number of benzene rings is 3. The summed E-state index contributed by atoms with van der Waals surface area (Å²) >= 11 is 1.11. The van der Waals surface area contributed by atoms with E-state index in [4.69, 9.17) is 4.74 Å². The molecule has 0 atom stereocenters. The molecular weight excluding hydrogens is 467 g/mol. The Bertz CT molecular complexity index is 1310. The summed E-state index contributed by atoms with van der Waals surface area (Å²) in [6.07, 6.45) is 0. The summed E-state index contributed by atoms with van der Waals surface area (Å²) in [4.78, 5) is 24.6. The Kier molecular flexibility index (Phi) is 7.89. The van der Waals surface area contributed by atoms with Crippen LogP contribution in [0.4, 0.5) is 4.39 Å². The van der Waals surface area contributed by atoms with E-state index in [2.05, 4.69) is 15.5 Å². The third kappa shape index (κ3) is 5.93. The maximum Gasteiger partial charge on any atom is 0.230 e. The quantitative estimate of drug-likeness (QED) is 0.259. The predicted octanol–water partition coefficient (Wildman–Crippen LogP) is 4.56. The summed E-state index contributed by atoms with van der Waals surface area (Å²) in [5.74, 6) is 0.156. The maximum atomic E-state index is 14.7. The van der Waals surface area contributed by atoms with Crippen LogP contribution in [0.3, 0.4) is 0 Å². The lowest BCUT2D eigenvalue weighted by Crippen LogP contribution is -2.30. The average Bonchev–Trinajstić information content (AvgIpc) is 3.31. The first-order chi connectivity index (χ1) is 17.1. The first-order valence-electron chi connectivity index (χ1n) is 11.0. The molecule has 0 bridgehead atoms. The van der Waals surface area contributed by atoms with Crippen LogP contribution in [0.25, 0.3) is 17.1 Å². The van der Waals surface area contributed by atoms with E-state index in [1.54, 1.807) is 47.0 Å². The van der Waals surface area contributed by atoms with Crippen molar-refractivity contribution in [3.05, 3.63) is 90.2 Å². The highest BCUT2D eigenvalue weighted by Crippen LogP contribution is 2.30. The molecule has 1 N–H and O–H groups in total. The molecule has 7 nitrogen and oxygen atoms in total. The molecule has 0 fully saturated rings. The molecular formula is C26H23FN4O3S. The summed E-state index contributed by atoms with van der Waals surface area (Å²) in [7, 11) is 0. The van der Waals surface area contributed by atoms with Crippen LogP contribution in [-0.2, 0) is 4.79 Å². The molecule has 3 aromatic carbocycles. The zero-order valence-electron chi connectivity index (χ0n) is 19.0. The van der Waals surface area contributed by atoms with E-state index < -0.39 is 5.82 Å². The molecule has 0 saturated carbocycles. The van der Waals surface area contributed by atoms with E-state index in [0.29, 0.717) is 34.5 Å². The van der Waals surface area contributed by atoms with Crippen LogP contribution in [0.5, 0.6) is 5.75 Å². The molecule has 0 unspecified atom stereocenters. The number of hydrogen-bond acceptors (Lipinski definition) is 6. The standard InChI is InChI=1S/C26H23FN4O3S/c1-2-34-20-14-12-19(13-15-20)25-29-30-26(31(25)22-11-7-6-10-21(22)27)35-17-24(33)28-16-23(32)18-8-4-3-5-9-18/h3-15H,2,16-17H2,1H3,(H,28,33). The largest absolute Gasteiger partial charge is 0.494 e. The third-order valence-corrected chi connectivity index (χ3v) is 5.95. The van der Waals surface area contributed by atoms with Crippen LogP contribution in [-0.4, -0.2) is 45.4 Å². The second kappa shape index (κ2) is 11.4. The van der Waals surface area contributed by atoms with Crippen molar-refractivity contribution in [3.8, 4) is 22.8 Å². The fourth-order valence-electron chi connectivity index (χ4n) is 3.35. The van der Waals surface area contributed by atoms with Crippen molar-refractivity contribution in [1.82, 2.24) is 20.1 Å². The van der Waals surface area contributed by atoms with Crippen LogP contribution < -0.4 is 10.1 Å². The monoisotopic (exact) mass is 490 g/mol. The first-order valence-corrected chi connectivity index (χ1v) is 12.0. The Hall–Kier alpha value is -3.98. The number of para-hydroxylation sites is 1. The number of amides is 1. The lowest BCUT2D eigenvalue weighted by molar-refractivity contribution is -0.118. The molecule has 1 heterocycles. The molecule has 4 aromatic rings. The minimum Gasteiger partial charge on any atom is -0.494 e. The summed E-state index contributed by atoms with van der Waals surface area (Å²) in [6, 6.07) is 22.3. The van der Waals surface area contributed by atoms with Gasteiger partial charge in [-0.15, -0.1) is 10.2 Å². The summed E-state index contributed by atoms with van der Waals surface area (Å²) in [5, 5.41) is 11.5. The number of hydrogen-bond donors (Lipinski definition) is 1. The van der Waals surface area contributed by atoms with Crippen molar-refractivity contribution in [2.24, 2.45) is 0 Å². The number of aromatic nitrogens is 3. The number of nitrogens with zero attached hydrogens (tertiary/aromatic N) is 3. The van der Waals surface area contributed by atoms with E-state index in [1.807, 2.05) is 37.3 Å². The lowest BCUT2D eigenvalue weighted by Gasteiger charge is -2.12. The number of nitrogens with one attached hydrogen (secondary N) is 1. The van der Waals surface area contributed by atoms with E-state index in [9.17, 15) is 14.0 Å². The number of thioether (sulfide) groups is 1. The van der Waals surface area contributed by atoms with Crippen molar-refractivity contribution >= 4 is 23.5 Å². The molecule has 0 aliphatic heterocycles. The fourth-order valence-corrected chi connectivity index (χ4v) is 4.13. The van der Waals surface area contributed by atoms with Gasteiger partial charge < -0.3 is 10.1 Å². The molecule has 0 spiro atoms. The maximum absolute atomic E-state index is 14.7. The van der Waals surface area contributed by atoms with Crippen molar-refractivity contribution in [2.45, 2.75) is 12.1 Å². The number of Topliss-reactive ketones (excluding diaryl/α,β-unsaturated/α-hetero) is 1. The number of ether oxygens (including phenoxy) is 1. The topological polar surface area (TPSA) is 86.1 Å². The third-order valence-electron chi connectivity index (χ3n) is 5.02. The summed E-state index contributed by atoms with van der Waals surface area (Å²) in [6.45, 7) is 2.34.